The zero-order chi connectivity index (χ0) is 15.8. The maximum absolute atomic E-state index is 12.2. The molecule has 0 aliphatic rings. The van der Waals surface area contributed by atoms with E-state index in [0.29, 0.717) is 0 Å². The van der Waals surface area contributed by atoms with Gasteiger partial charge in [0, 0.05) is 12.0 Å². The molecule has 0 bridgehead atoms. The third kappa shape index (κ3) is 6.17. The summed E-state index contributed by atoms with van der Waals surface area (Å²) in [4.78, 5) is 12.2. The maximum Gasteiger partial charge on any atom is 0.223 e. The van der Waals surface area contributed by atoms with Crippen molar-refractivity contribution in [2.45, 2.75) is 52.1 Å². The molecule has 3 N–H and O–H groups in total. The average molecular weight is 292 g/mol. The monoisotopic (exact) mass is 292 g/mol. The Kier molecular flexibility index (Phi) is 7.23. The zero-order valence-electron chi connectivity index (χ0n) is 13.6. The highest BCUT2D eigenvalue weighted by Crippen LogP contribution is 2.19. The highest BCUT2D eigenvalue weighted by Gasteiger charge is 2.16. The fourth-order valence-corrected chi connectivity index (χ4v) is 2.23. The van der Waals surface area contributed by atoms with Crippen LogP contribution in [0.4, 0.5) is 0 Å². The predicted molar refractivity (Wildman–Crippen MR) is 86.2 cm³/mol. The average Bonchev–Trinajstić information content (AvgIpc) is 2.46. The molecule has 0 aliphatic carbocycles. The first-order valence-corrected chi connectivity index (χ1v) is 7.64. The van der Waals surface area contributed by atoms with E-state index in [4.69, 9.17) is 10.5 Å². The highest BCUT2D eigenvalue weighted by atomic mass is 16.5. The first-order chi connectivity index (χ1) is 9.93. The lowest BCUT2D eigenvalue weighted by Crippen LogP contribution is -2.31. The van der Waals surface area contributed by atoms with Crippen molar-refractivity contribution in [1.29, 1.82) is 0 Å². The molecule has 1 amide bonds. The van der Waals surface area contributed by atoms with E-state index in [2.05, 4.69) is 5.32 Å². The smallest absolute Gasteiger partial charge is 0.223 e. The van der Waals surface area contributed by atoms with E-state index < -0.39 is 0 Å². The molecule has 0 spiro atoms. The van der Waals surface area contributed by atoms with Crippen LogP contribution in [0.1, 0.15) is 51.6 Å². The van der Waals surface area contributed by atoms with Crippen LogP contribution >= 0.6 is 0 Å². The van der Waals surface area contributed by atoms with Crippen molar-refractivity contribution in [3.05, 3.63) is 29.8 Å². The van der Waals surface area contributed by atoms with Gasteiger partial charge in [0.05, 0.1) is 13.2 Å². The molecule has 0 aromatic heterocycles. The quantitative estimate of drug-likeness (QED) is 0.774. The molecule has 21 heavy (non-hydrogen) atoms. The van der Waals surface area contributed by atoms with Crippen molar-refractivity contribution in [2.75, 3.05) is 7.11 Å². The Morgan fingerprint density at radius 3 is 2.62 bits per heavy atom. The third-order valence-electron chi connectivity index (χ3n) is 3.70. The minimum atomic E-state index is -0.0246. The first kappa shape index (κ1) is 17.5. The third-order valence-corrected chi connectivity index (χ3v) is 3.70. The Bertz CT molecular complexity index is 446. The van der Waals surface area contributed by atoms with E-state index in [0.717, 1.165) is 30.6 Å². The second kappa shape index (κ2) is 8.67. The number of ether oxygens (including phenoxy) is 1. The van der Waals surface area contributed by atoms with Crippen LogP contribution in [0.15, 0.2) is 24.3 Å². The van der Waals surface area contributed by atoms with Gasteiger partial charge in [-0.05, 0) is 44.4 Å². The number of amides is 1. The number of carbonyl (C=O) groups excluding carboxylic acids is 1. The Balaban J connectivity index is 2.48. The molecule has 1 aromatic carbocycles. The molecule has 4 nitrogen and oxygen atoms in total. The fourth-order valence-electron chi connectivity index (χ4n) is 2.23. The summed E-state index contributed by atoms with van der Waals surface area (Å²) in [5.74, 6) is 0.908. The van der Waals surface area contributed by atoms with Crippen LogP contribution in [0.2, 0.25) is 0 Å². The zero-order valence-corrected chi connectivity index (χ0v) is 13.6. The van der Waals surface area contributed by atoms with Crippen molar-refractivity contribution in [1.82, 2.24) is 5.32 Å². The normalized spacial score (nSPS) is 15.1. The number of nitrogens with one attached hydrogen (secondary N) is 1. The van der Waals surface area contributed by atoms with E-state index in [1.54, 1.807) is 7.11 Å². The molecule has 4 heteroatoms. The molecule has 118 valence electrons. The summed E-state index contributed by atoms with van der Waals surface area (Å²) in [5.41, 5.74) is 6.77. The van der Waals surface area contributed by atoms with Gasteiger partial charge in [-0.2, -0.15) is 0 Å². The Labute approximate surface area is 128 Å². The standard InChI is InChI=1S/C17H28N2O2/c1-12(7-5-8-13(2)18)17(20)19-14(3)15-9-6-10-16(11-15)21-4/h6,9-14H,5,7-8,18H2,1-4H3,(H,19,20)/t12?,13?,14-/m1/s1. The molecule has 0 fully saturated rings. The Hall–Kier alpha value is -1.55. The van der Waals surface area contributed by atoms with Crippen LogP contribution in [-0.2, 0) is 4.79 Å². The van der Waals surface area contributed by atoms with Gasteiger partial charge >= 0.3 is 0 Å². The summed E-state index contributed by atoms with van der Waals surface area (Å²) in [6.45, 7) is 5.95. The molecule has 2 unspecified atom stereocenters. The minimum Gasteiger partial charge on any atom is -0.497 e. The first-order valence-electron chi connectivity index (χ1n) is 7.64. The Morgan fingerprint density at radius 2 is 2.00 bits per heavy atom. The van der Waals surface area contributed by atoms with Crippen molar-refractivity contribution in [3.63, 3.8) is 0 Å². The SMILES string of the molecule is COc1cccc([C@@H](C)NC(=O)C(C)CCCC(C)N)c1. The van der Waals surface area contributed by atoms with Crippen molar-refractivity contribution >= 4 is 5.91 Å². The fraction of sp³-hybridized carbons (Fsp3) is 0.588. The van der Waals surface area contributed by atoms with Crippen LogP contribution in [0.5, 0.6) is 5.75 Å². The summed E-state index contributed by atoms with van der Waals surface area (Å²) in [6, 6.07) is 7.96. The number of hydrogen-bond donors (Lipinski definition) is 2. The molecule has 1 rings (SSSR count). The van der Waals surface area contributed by atoms with Gasteiger partial charge in [0.1, 0.15) is 5.75 Å². The van der Waals surface area contributed by atoms with Gasteiger partial charge < -0.3 is 15.8 Å². The van der Waals surface area contributed by atoms with Crippen molar-refractivity contribution in [3.8, 4) is 5.75 Å². The second-order valence-electron chi connectivity index (χ2n) is 5.82. The van der Waals surface area contributed by atoms with Crippen LogP contribution < -0.4 is 15.8 Å². The Morgan fingerprint density at radius 1 is 1.29 bits per heavy atom. The van der Waals surface area contributed by atoms with Crippen LogP contribution in [-0.4, -0.2) is 19.1 Å². The molecule has 1 aromatic rings. The van der Waals surface area contributed by atoms with E-state index in [9.17, 15) is 4.79 Å². The maximum atomic E-state index is 12.2. The number of nitrogens with two attached hydrogens (primary N) is 1. The molecule has 3 atom stereocenters. The van der Waals surface area contributed by atoms with Gasteiger partial charge in [-0.1, -0.05) is 25.5 Å². The number of methoxy groups -OCH3 is 1. The van der Waals surface area contributed by atoms with E-state index in [1.807, 2.05) is 45.0 Å². The molecule has 0 saturated heterocycles. The number of hydrogen-bond acceptors (Lipinski definition) is 3. The summed E-state index contributed by atoms with van der Waals surface area (Å²) in [6.07, 6.45) is 2.82. The van der Waals surface area contributed by atoms with Crippen LogP contribution in [0.25, 0.3) is 0 Å². The van der Waals surface area contributed by atoms with Gasteiger partial charge in [0.25, 0.3) is 0 Å². The number of rotatable bonds is 8. The topological polar surface area (TPSA) is 64.3 Å². The van der Waals surface area contributed by atoms with E-state index in [-0.39, 0.29) is 23.9 Å². The lowest BCUT2D eigenvalue weighted by atomic mass is 10.0. The van der Waals surface area contributed by atoms with Gasteiger partial charge in [0.15, 0.2) is 0 Å². The predicted octanol–water partition coefficient (Wildman–Crippen LogP) is 3.03. The summed E-state index contributed by atoms with van der Waals surface area (Å²) in [7, 11) is 1.64. The molecule has 0 radical (unpaired) electrons. The van der Waals surface area contributed by atoms with Crippen LogP contribution in [0, 0.1) is 5.92 Å². The van der Waals surface area contributed by atoms with E-state index >= 15 is 0 Å². The summed E-state index contributed by atoms with van der Waals surface area (Å²) in [5, 5.41) is 3.06. The summed E-state index contributed by atoms with van der Waals surface area (Å²) < 4.78 is 5.21. The summed E-state index contributed by atoms with van der Waals surface area (Å²) >= 11 is 0. The number of benzene rings is 1. The van der Waals surface area contributed by atoms with Gasteiger partial charge in [-0.3, -0.25) is 4.79 Å². The van der Waals surface area contributed by atoms with Gasteiger partial charge in [-0.25, -0.2) is 0 Å². The lowest BCUT2D eigenvalue weighted by Gasteiger charge is -2.18. The second-order valence-corrected chi connectivity index (χ2v) is 5.82. The molecule has 0 heterocycles. The minimum absolute atomic E-state index is 0.0109. The molecule has 0 aliphatic heterocycles. The largest absolute Gasteiger partial charge is 0.497 e. The van der Waals surface area contributed by atoms with Crippen LogP contribution in [0.3, 0.4) is 0 Å². The van der Waals surface area contributed by atoms with E-state index in [1.165, 1.54) is 0 Å². The van der Waals surface area contributed by atoms with Crippen molar-refractivity contribution < 1.29 is 9.53 Å². The van der Waals surface area contributed by atoms with Gasteiger partial charge in [-0.15, -0.1) is 0 Å². The highest BCUT2D eigenvalue weighted by molar-refractivity contribution is 5.78. The lowest BCUT2D eigenvalue weighted by molar-refractivity contribution is -0.125. The molecule has 0 saturated carbocycles. The molecular formula is C17H28N2O2. The number of carbonyl (C=O) groups is 1. The van der Waals surface area contributed by atoms with Crippen molar-refractivity contribution in [2.24, 2.45) is 11.7 Å². The molecular weight excluding hydrogens is 264 g/mol. The van der Waals surface area contributed by atoms with Gasteiger partial charge in [0.2, 0.25) is 5.91 Å².